The molecule has 1 heterocycles. The topological polar surface area (TPSA) is 46.3 Å². The van der Waals surface area contributed by atoms with E-state index in [0.29, 0.717) is 0 Å². The first-order valence-corrected chi connectivity index (χ1v) is 8.20. The Balaban J connectivity index is 1.97. The van der Waals surface area contributed by atoms with Crippen LogP contribution in [-0.4, -0.2) is 18.0 Å². The molecule has 1 atom stereocenters. The van der Waals surface area contributed by atoms with E-state index in [1.807, 2.05) is 17.9 Å². The van der Waals surface area contributed by atoms with Crippen LogP contribution in [0.2, 0.25) is 0 Å². The quantitative estimate of drug-likeness (QED) is 0.926. The summed E-state index contributed by atoms with van der Waals surface area (Å²) in [6.45, 7) is 4.78. The molecule has 114 valence electrons. The van der Waals surface area contributed by atoms with Crippen LogP contribution in [-0.2, 0) is 10.2 Å². The van der Waals surface area contributed by atoms with Crippen LogP contribution in [0.3, 0.4) is 0 Å². The number of anilines is 1. The second-order valence-corrected chi connectivity index (χ2v) is 7.06. The van der Waals surface area contributed by atoms with Crippen molar-refractivity contribution in [3.8, 4) is 0 Å². The summed E-state index contributed by atoms with van der Waals surface area (Å²) in [5.41, 5.74) is 8.19. The average molecular weight is 286 g/mol. The van der Waals surface area contributed by atoms with Gasteiger partial charge >= 0.3 is 0 Å². The number of fused-ring (bicyclic) bond motifs is 2. The zero-order valence-electron chi connectivity index (χ0n) is 13.2. The number of amides is 1. The summed E-state index contributed by atoms with van der Waals surface area (Å²) < 4.78 is 0. The number of para-hydroxylation sites is 1. The van der Waals surface area contributed by atoms with Crippen molar-refractivity contribution >= 4 is 11.6 Å². The van der Waals surface area contributed by atoms with E-state index in [0.717, 1.165) is 25.1 Å². The molecule has 2 N–H and O–H groups in total. The lowest BCUT2D eigenvalue weighted by atomic mass is 9.81. The fourth-order valence-electron chi connectivity index (χ4n) is 4.23. The molecule has 1 aliphatic heterocycles. The van der Waals surface area contributed by atoms with Crippen LogP contribution >= 0.6 is 0 Å². The molecule has 3 nitrogen and oxygen atoms in total. The highest BCUT2D eigenvalue weighted by Crippen LogP contribution is 2.50. The van der Waals surface area contributed by atoms with Crippen molar-refractivity contribution in [3.63, 3.8) is 0 Å². The van der Waals surface area contributed by atoms with E-state index in [9.17, 15) is 4.79 Å². The highest BCUT2D eigenvalue weighted by atomic mass is 16.2. The Morgan fingerprint density at radius 1 is 1.33 bits per heavy atom. The maximum absolute atomic E-state index is 13.0. The van der Waals surface area contributed by atoms with Gasteiger partial charge in [-0.2, -0.15) is 0 Å². The second-order valence-electron chi connectivity index (χ2n) is 7.06. The third-order valence-corrected chi connectivity index (χ3v) is 5.29. The molecule has 0 saturated heterocycles. The predicted molar refractivity (Wildman–Crippen MR) is 86.4 cm³/mol. The van der Waals surface area contributed by atoms with Crippen molar-refractivity contribution in [1.82, 2.24) is 0 Å². The molecule has 1 spiro atoms. The smallest absolute Gasteiger partial charge is 0.246 e. The highest BCUT2D eigenvalue weighted by molar-refractivity contribution is 6.02. The van der Waals surface area contributed by atoms with Crippen LogP contribution in [0.25, 0.3) is 0 Å². The molecule has 2 aliphatic rings. The van der Waals surface area contributed by atoms with E-state index in [1.165, 1.54) is 31.2 Å². The summed E-state index contributed by atoms with van der Waals surface area (Å²) in [5.74, 6) is 0.0839. The van der Waals surface area contributed by atoms with E-state index >= 15 is 0 Å². The van der Waals surface area contributed by atoms with Gasteiger partial charge in [-0.15, -0.1) is 0 Å². The van der Waals surface area contributed by atoms with Crippen LogP contribution < -0.4 is 10.6 Å². The molecule has 1 aromatic rings. The zero-order valence-corrected chi connectivity index (χ0v) is 13.2. The molecule has 0 bridgehead atoms. The van der Waals surface area contributed by atoms with Gasteiger partial charge in [-0.1, -0.05) is 44.4 Å². The summed E-state index contributed by atoms with van der Waals surface area (Å²) in [5, 5.41) is 0. The van der Waals surface area contributed by atoms with Crippen LogP contribution in [0.1, 0.15) is 57.9 Å². The first kappa shape index (κ1) is 14.6. The van der Waals surface area contributed by atoms with Crippen molar-refractivity contribution in [2.75, 3.05) is 11.4 Å². The summed E-state index contributed by atoms with van der Waals surface area (Å²) in [4.78, 5) is 14.9. The fraction of sp³-hybridized carbons (Fsp3) is 0.611. The molecule has 21 heavy (non-hydrogen) atoms. The Morgan fingerprint density at radius 2 is 2.00 bits per heavy atom. The Bertz CT molecular complexity index is 544. The molecule has 0 radical (unpaired) electrons. The molecule has 3 heteroatoms. The highest BCUT2D eigenvalue weighted by Gasteiger charge is 2.48. The van der Waals surface area contributed by atoms with E-state index < -0.39 is 5.54 Å². The predicted octanol–water partition coefficient (Wildman–Crippen LogP) is 3.36. The van der Waals surface area contributed by atoms with E-state index in [4.69, 9.17) is 5.73 Å². The van der Waals surface area contributed by atoms with Crippen molar-refractivity contribution in [2.45, 2.75) is 63.3 Å². The lowest BCUT2D eigenvalue weighted by Crippen LogP contribution is -2.54. The third kappa shape index (κ3) is 2.28. The average Bonchev–Trinajstić information content (AvgIpc) is 3.05. The van der Waals surface area contributed by atoms with E-state index in [2.05, 4.69) is 25.1 Å². The summed E-state index contributed by atoms with van der Waals surface area (Å²) in [7, 11) is 0. The molecule has 0 aromatic heterocycles. The molecule has 1 saturated carbocycles. The van der Waals surface area contributed by atoms with Gasteiger partial charge in [0.05, 0.1) is 5.54 Å². The summed E-state index contributed by atoms with van der Waals surface area (Å²) >= 11 is 0. The molecule has 1 aromatic carbocycles. The number of benzene rings is 1. The molecule has 1 unspecified atom stereocenters. The van der Waals surface area contributed by atoms with Crippen LogP contribution in [0, 0.1) is 0 Å². The van der Waals surface area contributed by atoms with Gasteiger partial charge in [0.15, 0.2) is 0 Å². The number of hydrogen-bond acceptors (Lipinski definition) is 2. The number of nitrogens with two attached hydrogens (primary N) is 1. The SMILES string of the molecule is CCCC(C)(N)C(=O)N1CC2(CCCC2)c2ccccc21. The number of nitrogens with zero attached hydrogens (tertiary/aromatic N) is 1. The van der Waals surface area contributed by atoms with Crippen molar-refractivity contribution < 1.29 is 4.79 Å². The third-order valence-electron chi connectivity index (χ3n) is 5.29. The second kappa shape index (κ2) is 5.13. The molecular formula is C18H26N2O. The lowest BCUT2D eigenvalue weighted by molar-refractivity contribution is -0.123. The Hall–Kier alpha value is -1.35. The summed E-state index contributed by atoms with van der Waals surface area (Å²) in [6, 6.07) is 8.42. The largest absolute Gasteiger partial charge is 0.318 e. The minimum Gasteiger partial charge on any atom is -0.318 e. The van der Waals surface area contributed by atoms with E-state index in [1.54, 1.807) is 0 Å². The minimum atomic E-state index is -0.758. The van der Waals surface area contributed by atoms with Gasteiger partial charge in [-0.25, -0.2) is 0 Å². The maximum Gasteiger partial charge on any atom is 0.246 e. The Labute approximate surface area is 127 Å². The molecule has 1 aliphatic carbocycles. The van der Waals surface area contributed by atoms with Gasteiger partial charge in [-0.05, 0) is 37.8 Å². The van der Waals surface area contributed by atoms with Crippen molar-refractivity contribution in [3.05, 3.63) is 29.8 Å². The van der Waals surface area contributed by atoms with Crippen LogP contribution in [0.15, 0.2) is 24.3 Å². The van der Waals surface area contributed by atoms with Crippen LogP contribution in [0.5, 0.6) is 0 Å². The lowest BCUT2D eigenvalue weighted by Gasteiger charge is -2.31. The minimum absolute atomic E-state index is 0.0839. The van der Waals surface area contributed by atoms with Crippen LogP contribution in [0.4, 0.5) is 5.69 Å². The Morgan fingerprint density at radius 3 is 2.67 bits per heavy atom. The number of carbonyl (C=O) groups is 1. The molecule has 1 amide bonds. The normalized spacial score (nSPS) is 22.3. The fourth-order valence-corrected chi connectivity index (χ4v) is 4.23. The zero-order chi connectivity index (χ0) is 15.1. The maximum atomic E-state index is 13.0. The van der Waals surface area contributed by atoms with Gasteiger partial charge in [0.1, 0.15) is 0 Å². The number of carbonyl (C=O) groups excluding carboxylic acids is 1. The van der Waals surface area contributed by atoms with Gasteiger partial charge < -0.3 is 10.6 Å². The Kier molecular flexibility index (Phi) is 3.56. The van der Waals surface area contributed by atoms with Gasteiger partial charge in [0.2, 0.25) is 5.91 Å². The van der Waals surface area contributed by atoms with Gasteiger partial charge in [0.25, 0.3) is 0 Å². The molecular weight excluding hydrogens is 260 g/mol. The first-order valence-electron chi connectivity index (χ1n) is 8.20. The van der Waals surface area contributed by atoms with Gasteiger partial charge in [-0.3, -0.25) is 4.79 Å². The summed E-state index contributed by atoms with van der Waals surface area (Å²) in [6.07, 6.45) is 6.60. The van der Waals surface area contributed by atoms with Gasteiger partial charge in [0, 0.05) is 17.6 Å². The molecule has 3 rings (SSSR count). The number of rotatable bonds is 3. The van der Waals surface area contributed by atoms with E-state index in [-0.39, 0.29) is 11.3 Å². The molecule has 1 fully saturated rings. The first-order chi connectivity index (χ1) is 10.0. The number of hydrogen-bond donors (Lipinski definition) is 1. The van der Waals surface area contributed by atoms with Crippen molar-refractivity contribution in [2.24, 2.45) is 5.73 Å². The van der Waals surface area contributed by atoms with Crippen molar-refractivity contribution in [1.29, 1.82) is 0 Å². The standard InChI is InChI=1S/C18H26N2O/c1-3-10-17(2,19)16(21)20-13-18(11-6-7-12-18)14-8-4-5-9-15(14)20/h4-5,8-9H,3,6-7,10-13,19H2,1-2H3. The monoisotopic (exact) mass is 286 g/mol.